The fourth-order valence-corrected chi connectivity index (χ4v) is 4.64. The van der Waals surface area contributed by atoms with Crippen molar-refractivity contribution in [3.8, 4) is 0 Å². The Labute approximate surface area is 269 Å². The number of carbonyl (C=O) groups is 2. The normalized spacial score (nSPS) is 21.2. The van der Waals surface area contributed by atoms with E-state index in [2.05, 4.69) is 24.2 Å². The lowest BCUT2D eigenvalue weighted by molar-refractivity contribution is -0.156. The third-order valence-electron chi connectivity index (χ3n) is 6.99. The quantitative estimate of drug-likeness (QED) is 0.0890. The predicted octanol–water partition coefficient (Wildman–Crippen LogP) is 5.52. The van der Waals surface area contributed by atoms with Gasteiger partial charge in [-0.3, -0.25) is 14.6 Å². The number of hydrogen-bond donors (Lipinski definition) is 1. The number of hydrogen-bond acceptors (Lipinski definition) is 8. The van der Waals surface area contributed by atoms with Crippen LogP contribution in [0.2, 0.25) is 0 Å². The van der Waals surface area contributed by atoms with Gasteiger partial charge in [-0.25, -0.2) is 0 Å². The average Bonchev–Trinajstić information content (AvgIpc) is 3.59. The van der Waals surface area contributed by atoms with Crippen molar-refractivity contribution in [1.29, 1.82) is 0 Å². The molecule has 0 spiro atoms. The molecule has 3 aliphatic rings. The van der Waals surface area contributed by atoms with E-state index in [-0.39, 0.29) is 64.1 Å². The molecule has 4 rings (SSSR count). The number of amides is 1. The van der Waals surface area contributed by atoms with Crippen LogP contribution in [-0.2, 0) is 45.4 Å². The largest absolute Gasteiger partial charge is 0.422 e. The molecule has 0 radical (unpaired) electrons. The van der Waals surface area contributed by atoms with E-state index in [1.165, 1.54) is 42.8 Å². The molecule has 3 aliphatic heterocycles. The number of Topliss-reactive ketones (excluding diaryl/α,β-unsaturated/α-hetero) is 1. The molecule has 0 aliphatic carbocycles. The van der Waals surface area contributed by atoms with Gasteiger partial charge in [0.25, 0.3) is 5.91 Å². The van der Waals surface area contributed by atoms with E-state index < -0.39 is 47.2 Å². The molecule has 262 valence electrons. The van der Waals surface area contributed by atoms with Crippen LogP contribution in [0.4, 0.5) is 26.3 Å². The minimum atomic E-state index is -4.65. The lowest BCUT2D eigenvalue weighted by Crippen LogP contribution is -2.34. The molecule has 0 aromatic heterocycles. The molecule has 1 amide bonds. The molecule has 0 saturated carbocycles. The van der Waals surface area contributed by atoms with Gasteiger partial charge in [0.1, 0.15) is 24.8 Å². The molecule has 9 nitrogen and oxygen atoms in total. The minimum Gasteiger partial charge on any atom is -0.379 e. The van der Waals surface area contributed by atoms with Crippen LogP contribution < -0.4 is 5.32 Å². The van der Waals surface area contributed by atoms with Gasteiger partial charge >= 0.3 is 12.4 Å². The van der Waals surface area contributed by atoms with Crippen LogP contribution in [0, 0.1) is 0 Å². The molecular weight excluding hydrogens is 638 g/mol. The molecule has 1 aromatic rings. The fourth-order valence-electron chi connectivity index (χ4n) is 4.64. The number of nitrogens with zero attached hydrogens (tertiary/aromatic N) is 1. The Morgan fingerprint density at radius 2 is 1.51 bits per heavy atom. The molecule has 3 atom stereocenters. The maximum absolute atomic E-state index is 13.2. The number of nitrogens with one attached hydrogen (secondary N) is 1. The molecular formula is C32H40F6N2O7. The Balaban J connectivity index is 0.00000192. The van der Waals surface area contributed by atoms with Gasteiger partial charge in [-0.2, -0.15) is 26.3 Å². The van der Waals surface area contributed by atoms with Gasteiger partial charge in [0.15, 0.2) is 0 Å². The summed E-state index contributed by atoms with van der Waals surface area (Å²) in [5, 5.41) is 2.42. The van der Waals surface area contributed by atoms with Crippen molar-refractivity contribution in [1.82, 2.24) is 5.32 Å². The molecule has 3 heterocycles. The van der Waals surface area contributed by atoms with Crippen molar-refractivity contribution < 1.29 is 59.6 Å². The summed E-state index contributed by atoms with van der Waals surface area (Å²) in [6.45, 7) is 5.36. The summed E-state index contributed by atoms with van der Waals surface area (Å²) >= 11 is 0. The number of ether oxygens (including phenoxy) is 5. The molecule has 1 aromatic carbocycles. The van der Waals surface area contributed by atoms with Gasteiger partial charge in [-0.05, 0) is 17.5 Å². The SMILES string of the molecule is CCC.O=C(CCCOCCOCCNC(=O)C1=C(C(F)(F)F)C2C=CC1O2)CCOCOCc1ccc(C2(C(F)(F)F)C=N2)cc1. The van der Waals surface area contributed by atoms with Crippen molar-refractivity contribution in [2.75, 3.05) is 46.4 Å². The Hall–Kier alpha value is -3.11. The van der Waals surface area contributed by atoms with E-state index in [9.17, 15) is 35.9 Å². The third kappa shape index (κ3) is 11.2. The number of benzene rings is 1. The second-order valence-corrected chi connectivity index (χ2v) is 10.9. The molecule has 1 N–H and O–H groups in total. The van der Waals surface area contributed by atoms with Gasteiger partial charge in [0, 0.05) is 32.2 Å². The van der Waals surface area contributed by atoms with E-state index >= 15 is 0 Å². The Kier molecular flexibility index (Phi) is 14.6. The molecule has 2 bridgehead atoms. The van der Waals surface area contributed by atoms with Crippen LogP contribution in [0.15, 0.2) is 52.6 Å². The number of halogens is 6. The zero-order valence-corrected chi connectivity index (χ0v) is 26.3. The van der Waals surface area contributed by atoms with E-state index in [1.54, 1.807) is 0 Å². The van der Waals surface area contributed by atoms with Crippen molar-refractivity contribution in [2.45, 2.75) is 76.2 Å². The zero-order chi connectivity index (χ0) is 34.5. The second-order valence-electron chi connectivity index (χ2n) is 10.9. The van der Waals surface area contributed by atoms with Gasteiger partial charge in [-0.15, -0.1) is 0 Å². The minimum absolute atomic E-state index is 0.0164. The summed E-state index contributed by atoms with van der Waals surface area (Å²) in [6.07, 6.45) is -5.53. The van der Waals surface area contributed by atoms with Gasteiger partial charge in [0.2, 0.25) is 5.54 Å². The lowest BCUT2D eigenvalue weighted by atomic mass is 9.96. The maximum Gasteiger partial charge on any atom is 0.422 e. The highest BCUT2D eigenvalue weighted by atomic mass is 19.4. The van der Waals surface area contributed by atoms with Crippen LogP contribution in [0.3, 0.4) is 0 Å². The summed E-state index contributed by atoms with van der Waals surface area (Å²) < 4.78 is 105. The van der Waals surface area contributed by atoms with Crippen LogP contribution in [0.5, 0.6) is 0 Å². The fraction of sp³-hybridized carbons (Fsp3) is 0.594. The van der Waals surface area contributed by atoms with Gasteiger partial charge < -0.3 is 29.0 Å². The highest BCUT2D eigenvalue weighted by Gasteiger charge is 2.61. The van der Waals surface area contributed by atoms with Crippen molar-refractivity contribution in [2.24, 2.45) is 4.99 Å². The summed E-state index contributed by atoms with van der Waals surface area (Å²) in [7, 11) is 0. The summed E-state index contributed by atoms with van der Waals surface area (Å²) in [6, 6.07) is 5.80. The van der Waals surface area contributed by atoms with E-state index in [1.807, 2.05) is 0 Å². The summed E-state index contributed by atoms with van der Waals surface area (Å²) in [5.74, 6) is -0.854. The van der Waals surface area contributed by atoms with Crippen LogP contribution >= 0.6 is 0 Å². The lowest BCUT2D eigenvalue weighted by Gasteiger charge is -2.18. The first-order chi connectivity index (χ1) is 22.3. The first-order valence-electron chi connectivity index (χ1n) is 15.3. The number of alkyl halides is 6. The topological polar surface area (TPSA) is 105 Å². The number of fused-ring (bicyclic) bond motifs is 2. The van der Waals surface area contributed by atoms with E-state index in [4.69, 9.17) is 23.7 Å². The number of rotatable bonds is 19. The Morgan fingerprint density at radius 3 is 2.13 bits per heavy atom. The van der Waals surface area contributed by atoms with Crippen LogP contribution in [0.25, 0.3) is 0 Å². The number of aliphatic imine (C=N–C) groups is 1. The number of carbonyl (C=O) groups excluding carboxylic acids is 2. The van der Waals surface area contributed by atoms with Crippen molar-refractivity contribution >= 4 is 17.9 Å². The molecule has 0 fully saturated rings. The summed E-state index contributed by atoms with van der Waals surface area (Å²) in [5.41, 5.74) is -2.87. The van der Waals surface area contributed by atoms with Crippen LogP contribution in [-0.4, -0.2) is 88.8 Å². The molecule has 3 unspecified atom stereocenters. The summed E-state index contributed by atoms with van der Waals surface area (Å²) in [4.78, 5) is 27.6. The van der Waals surface area contributed by atoms with Crippen molar-refractivity contribution in [3.05, 3.63) is 58.7 Å². The standard InChI is InChI=1S/C29H32F6N2O7.C3H8/c30-28(31,32)25-23-8-7-22(44-23)24(25)26(39)36-10-13-41-15-14-40-11-1-2-21(38)9-12-42-18-43-16-19-3-5-20(6-4-19)27(17-37-27)29(33,34)35;1-3-2/h3-8,17,22-23H,1-2,9-16,18H2,(H,36,39);3H2,1-2H3. The Morgan fingerprint density at radius 1 is 0.872 bits per heavy atom. The van der Waals surface area contributed by atoms with Crippen molar-refractivity contribution in [3.63, 3.8) is 0 Å². The highest BCUT2D eigenvalue weighted by Crippen LogP contribution is 2.48. The third-order valence-corrected chi connectivity index (χ3v) is 6.99. The molecule has 0 saturated heterocycles. The van der Waals surface area contributed by atoms with Gasteiger partial charge in [-0.1, -0.05) is 56.7 Å². The smallest absolute Gasteiger partial charge is 0.379 e. The average molecular weight is 679 g/mol. The highest BCUT2D eigenvalue weighted by molar-refractivity contribution is 5.97. The Bertz CT molecular complexity index is 1260. The first-order valence-corrected chi connectivity index (χ1v) is 15.3. The van der Waals surface area contributed by atoms with E-state index in [0.717, 1.165) is 6.21 Å². The monoisotopic (exact) mass is 678 g/mol. The molecule has 15 heteroatoms. The van der Waals surface area contributed by atoms with E-state index in [0.29, 0.717) is 25.0 Å². The number of ketones is 1. The molecule has 47 heavy (non-hydrogen) atoms. The predicted molar refractivity (Wildman–Crippen MR) is 159 cm³/mol. The first kappa shape index (κ1) is 38.3. The maximum atomic E-state index is 13.2. The van der Waals surface area contributed by atoms with Gasteiger partial charge in [0.05, 0.1) is 44.2 Å². The van der Waals surface area contributed by atoms with Crippen LogP contribution in [0.1, 0.15) is 50.7 Å². The second kappa shape index (κ2) is 17.9. The zero-order valence-electron chi connectivity index (χ0n) is 26.3.